The van der Waals surface area contributed by atoms with E-state index >= 15 is 0 Å². The molecular formula is C19H22FN3O. The van der Waals surface area contributed by atoms with Gasteiger partial charge in [-0.2, -0.15) is 0 Å². The lowest BCUT2D eigenvalue weighted by Crippen LogP contribution is -2.15. The molecule has 0 saturated heterocycles. The van der Waals surface area contributed by atoms with Crippen molar-refractivity contribution < 1.29 is 4.39 Å². The average Bonchev–Trinajstić information content (AvgIpc) is 2.58. The summed E-state index contributed by atoms with van der Waals surface area (Å²) in [5.74, 6) is 0.881. The van der Waals surface area contributed by atoms with Crippen LogP contribution < -0.4 is 10.9 Å². The number of pyridine rings is 2. The van der Waals surface area contributed by atoms with Gasteiger partial charge >= 0.3 is 0 Å². The number of aromatic amines is 1. The second-order valence-electron chi connectivity index (χ2n) is 6.16. The van der Waals surface area contributed by atoms with Crippen molar-refractivity contribution in [2.45, 2.75) is 33.1 Å². The van der Waals surface area contributed by atoms with Gasteiger partial charge in [0, 0.05) is 23.5 Å². The van der Waals surface area contributed by atoms with Gasteiger partial charge in [0.25, 0.3) is 5.56 Å². The highest BCUT2D eigenvalue weighted by atomic mass is 19.1. The molecule has 0 aliphatic carbocycles. The van der Waals surface area contributed by atoms with E-state index in [1.807, 2.05) is 6.07 Å². The molecule has 3 rings (SSSR count). The molecule has 0 amide bonds. The fourth-order valence-corrected chi connectivity index (χ4v) is 3.16. The number of hydrogen-bond donors (Lipinski definition) is 2. The highest BCUT2D eigenvalue weighted by molar-refractivity contribution is 6.09. The van der Waals surface area contributed by atoms with Gasteiger partial charge in [-0.3, -0.25) is 4.79 Å². The molecule has 0 spiro atoms. The smallest absolute Gasteiger partial charge is 0.256 e. The zero-order valence-electron chi connectivity index (χ0n) is 14.0. The molecule has 0 aliphatic heterocycles. The normalized spacial score (nSPS) is 12.6. The molecule has 0 radical (unpaired) electrons. The van der Waals surface area contributed by atoms with Gasteiger partial charge in [0.15, 0.2) is 0 Å². The second kappa shape index (κ2) is 6.99. The molecule has 4 nitrogen and oxygen atoms in total. The van der Waals surface area contributed by atoms with Crippen LogP contribution in [0.3, 0.4) is 0 Å². The molecule has 0 aliphatic rings. The number of halogens is 1. The highest BCUT2D eigenvalue weighted by Crippen LogP contribution is 2.27. The maximum atomic E-state index is 13.6. The number of hydrogen-bond acceptors (Lipinski definition) is 3. The average molecular weight is 327 g/mol. The molecule has 24 heavy (non-hydrogen) atoms. The lowest BCUT2D eigenvalue weighted by atomic mass is 10.0. The molecule has 1 atom stereocenters. The summed E-state index contributed by atoms with van der Waals surface area (Å²) < 4.78 is 13.6. The van der Waals surface area contributed by atoms with Crippen molar-refractivity contribution in [2.75, 3.05) is 11.9 Å². The largest absolute Gasteiger partial charge is 0.369 e. The van der Waals surface area contributed by atoms with Crippen LogP contribution in [-0.4, -0.2) is 16.5 Å². The number of nitrogens with zero attached hydrogens (tertiary/aromatic N) is 1. The van der Waals surface area contributed by atoms with E-state index in [9.17, 15) is 9.18 Å². The Labute approximate surface area is 140 Å². The van der Waals surface area contributed by atoms with E-state index in [0.717, 1.165) is 31.2 Å². The summed E-state index contributed by atoms with van der Waals surface area (Å²) in [4.78, 5) is 19.6. The molecule has 3 aromatic rings. The predicted molar refractivity (Wildman–Crippen MR) is 97.0 cm³/mol. The summed E-state index contributed by atoms with van der Waals surface area (Å²) in [6, 6.07) is 6.17. The number of anilines is 1. The van der Waals surface area contributed by atoms with Crippen molar-refractivity contribution in [2.24, 2.45) is 5.92 Å². The lowest BCUT2D eigenvalue weighted by molar-refractivity contribution is 0.487. The Bertz CT molecular complexity index is 920. The summed E-state index contributed by atoms with van der Waals surface area (Å²) in [7, 11) is 0. The van der Waals surface area contributed by atoms with Crippen molar-refractivity contribution in [3.8, 4) is 0 Å². The Kier molecular flexibility index (Phi) is 4.79. The highest BCUT2D eigenvalue weighted by Gasteiger charge is 2.13. The van der Waals surface area contributed by atoms with E-state index in [2.05, 4.69) is 29.1 Å². The molecule has 2 N–H and O–H groups in total. The van der Waals surface area contributed by atoms with Crippen LogP contribution in [0.1, 0.15) is 33.1 Å². The third kappa shape index (κ3) is 3.11. The molecule has 0 bridgehead atoms. The molecule has 1 aromatic carbocycles. The zero-order chi connectivity index (χ0) is 17.1. The number of benzene rings is 1. The SMILES string of the molecule is CCCC(CC)CNc1nc2ccc(F)cc2c2c(=O)[nH]ccc12. The number of nitrogens with one attached hydrogen (secondary N) is 2. The van der Waals surface area contributed by atoms with Crippen LogP contribution in [0.15, 0.2) is 35.3 Å². The van der Waals surface area contributed by atoms with Gasteiger partial charge in [-0.25, -0.2) is 9.37 Å². The standard InChI is InChI=1S/C19H22FN3O/c1-3-5-12(4-2)11-22-18-14-8-9-21-19(24)17(14)15-10-13(20)6-7-16(15)23-18/h6-10,12H,3-5,11H2,1-2H3,(H,21,24)(H,22,23). The summed E-state index contributed by atoms with van der Waals surface area (Å²) in [6.07, 6.45) is 5.00. The van der Waals surface area contributed by atoms with E-state index in [4.69, 9.17) is 0 Å². The molecule has 0 saturated carbocycles. The quantitative estimate of drug-likeness (QED) is 0.657. The number of fused-ring (bicyclic) bond motifs is 3. The van der Waals surface area contributed by atoms with Crippen LogP contribution in [0.4, 0.5) is 10.2 Å². The first-order valence-electron chi connectivity index (χ1n) is 8.48. The Hall–Kier alpha value is -2.43. The molecule has 5 heteroatoms. The maximum Gasteiger partial charge on any atom is 0.256 e. The van der Waals surface area contributed by atoms with Crippen LogP contribution >= 0.6 is 0 Å². The summed E-state index contributed by atoms with van der Waals surface area (Å²) in [5.41, 5.74) is 0.390. The van der Waals surface area contributed by atoms with Crippen LogP contribution in [0, 0.1) is 11.7 Å². The molecule has 2 aromatic heterocycles. The molecule has 2 heterocycles. The Morgan fingerprint density at radius 2 is 2.08 bits per heavy atom. The Morgan fingerprint density at radius 1 is 1.25 bits per heavy atom. The Morgan fingerprint density at radius 3 is 2.83 bits per heavy atom. The number of aromatic nitrogens is 2. The van der Waals surface area contributed by atoms with Crippen molar-refractivity contribution in [3.63, 3.8) is 0 Å². The lowest BCUT2D eigenvalue weighted by Gasteiger charge is -2.17. The van der Waals surface area contributed by atoms with Gasteiger partial charge in [-0.1, -0.05) is 26.7 Å². The van der Waals surface area contributed by atoms with Gasteiger partial charge in [0.05, 0.1) is 10.9 Å². The van der Waals surface area contributed by atoms with Crippen molar-refractivity contribution >= 4 is 27.5 Å². The molecule has 126 valence electrons. The van der Waals surface area contributed by atoms with E-state index < -0.39 is 0 Å². The maximum absolute atomic E-state index is 13.6. The van der Waals surface area contributed by atoms with Gasteiger partial charge in [0.2, 0.25) is 0 Å². The minimum absolute atomic E-state index is 0.228. The van der Waals surface area contributed by atoms with Crippen LogP contribution in [-0.2, 0) is 0 Å². The van der Waals surface area contributed by atoms with E-state index in [1.165, 1.54) is 12.1 Å². The van der Waals surface area contributed by atoms with Crippen LogP contribution in [0.2, 0.25) is 0 Å². The first-order valence-corrected chi connectivity index (χ1v) is 8.48. The fraction of sp³-hybridized carbons (Fsp3) is 0.368. The van der Waals surface area contributed by atoms with Gasteiger partial charge in [-0.15, -0.1) is 0 Å². The topological polar surface area (TPSA) is 57.8 Å². The Balaban J connectivity index is 2.12. The fourth-order valence-electron chi connectivity index (χ4n) is 3.16. The number of H-pyrrole nitrogens is 1. The molecule has 1 unspecified atom stereocenters. The first-order chi connectivity index (χ1) is 11.6. The van der Waals surface area contributed by atoms with Crippen molar-refractivity contribution in [1.82, 2.24) is 9.97 Å². The summed E-state index contributed by atoms with van der Waals surface area (Å²) >= 11 is 0. The van der Waals surface area contributed by atoms with Crippen molar-refractivity contribution in [3.05, 3.63) is 46.6 Å². The first kappa shape index (κ1) is 16.4. The summed E-state index contributed by atoms with van der Waals surface area (Å²) in [5, 5.41) is 5.14. The minimum atomic E-state index is -0.372. The second-order valence-corrected chi connectivity index (χ2v) is 6.16. The van der Waals surface area contributed by atoms with Crippen LogP contribution in [0.5, 0.6) is 0 Å². The molecular weight excluding hydrogens is 305 g/mol. The van der Waals surface area contributed by atoms with E-state index in [1.54, 1.807) is 12.3 Å². The van der Waals surface area contributed by atoms with Crippen molar-refractivity contribution in [1.29, 1.82) is 0 Å². The third-order valence-corrected chi connectivity index (χ3v) is 4.51. The zero-order valence-corrected chi connectivity index (χ0v) is 14.0. The number of rotatable bonds is 6. The van der Waals surface area contributed by atoms with Crippen LogP contribution in [0.25, 0.3) is 21.7 Å². The third-order valence-electron chi connectivity index (χ3n) is 4.51. The van der Waals surface area contributed by atoms with Gasteiger partial charge < -0.3 is 10.3 Å². The predicted octanol–water partition coefficient (Wildman–Crippen LogP) is 4.45. The van der Waals surface area contributed by atoms with Gasteiger partial charge in [0.1, 0.15) is 11.6 Å². The van der Waals surface area contributed by atoms with E-state index in [-0.39, 0.29) is 11.4 Å². The minimum Gasteiger partial charge on any atom is -0.369 e. The molecule has 0 fully saturated rings. The summed E-state index contributed by atoms with van der Waals surface area (Å²) in [6.45, 7) is 5.17. The van der Waals surface area contributed by atoms with E-state index in [0.29, 0.717) is 28.0 Å². The monoisotopic (exact) mass is 327 g/mol. The van der Waals surface area contributed by atoms with Gasteiger partial charge in [-0.05, 0) is 36.6 Å².